The lowest BCUT2D eigenvalue weighted by Crippen LogP contribution is -2.33. The van der Waals surface area contributed by atoms with Crippen LogP contribution in [0.1, 0.15) is 29.2 Å². The Hall–Kier alpha value is -1.49. The number of amides is 1. The zero-order valence-electron chi connectivity index (χ0n) is 11.5. The van der Waals surface area contributed by atoms with Crippen molar-refractivity contribution in [2.45, 2.75) is 24.5 Å². The molecule has 1 N–H and O–H groups in total. The first kappa shape index (κ1) is 14.9. The second-order valence-electron chi connectivity index (χ2n) is 4.96. The molecule has 0 radical (unpaired) electrons. The van der Waals surface area contributed by atoms with Crippen molar-refractivity contribution >= 4 is 23.6 Å². The highest BCUT2D eigenvalue weighted by molar-refractivity contribution is 8.00. The lowest BCUT2D eigenvalue weighted by atomic mass is 10.0. The van der Waals surface area contributed by atoms with E-state index in [0.29, 0.717) is 13.0 Å². The SMILES string of the molecule is CN(CCCC(=O)O)C(=O)[C@@H]1SCCc2ccccc21. The van der Waals surface area contributed by atoms with E-state index in [4.69, 9.17) is 5.11 Å². The highest BCUT2D eigenvalue weighted by Crippen LogP contribution is 2.37. The van der Waals surface area contributed by atoms with Crippen molar-refractivity contribution in [3.63, 3.8) is 0 Å². The summed E-state index contributed by atoms with van der Waals surface area (Å²) in [6, 6.07) is 8.08. The predicted molar refractivity (Wildman–Crippen MR) is 79.9 cm³/mol. The Morgan fingerprint density at radius 1 is 1.40 bits per heavy atom. The van der Waals surface area contributed by atoms with Crippen LogP contribution in [0.25, 0.3) is 0 Å². The lowest BCUT2D eigenvalue weighted by molar-refractivity contribution is -0.138. The standard InChI is InChI=1S/C15H19NO3S/c1-16(9-4-7-13(17)18)15(19)14-12-6-3-2-5-11(12)8-10-20-14/h2-3,5-6,14H,4,7-10H2,1H3,(H,17,18)/t14-/m1/s1. The molecule has 0 saturated heterocycles. The topological polar surface area (TPSA) is 57.6 Å². The Kier molecular flexibility index (Phi) is 5.06. The van der Waals surface area contributed by atoms with Crippen molar-refractivity contribution < 1.29 is 14.7 Å². The van der Waals surface area contributed by atoms with Gasteiger partial charge in [0.1, 0.15) is 5.25 Å². The minimum absolute atomic E-state index is 0.0764. The van der Waals surface area contributed by atoms with Crippen molar-refractivity contribution in [1.29, 1.82) is 0 Å². The van der Waals surface area contributed by atoms with Crippen LogP contribution in [-0.2, 0) is 16.0 Å². The minimum Gasteiger partial charge on any atom is -0.481 e. The van der Waals surface area contributed by atoms with E-state index < -0.39 is 5.97 Å². The molecule has 1 aliphatic rings. The molecule has 0 unspecified atom stereocenters. The summed E-state index contributed by atoms with van der Waals surface area (Å²) in [5.41, 5.74) is 2.36. The van der Waals surface area contributed by atoms with Crippen molar-refractivity contribution in [3.05, 3.63) is 35.4 Å². The van der Waals surface area contributed by atoms with Gasteiger partial charge in [-0.15, -0.1) is 11.8 Å². The number of nitrogens with zero attached hydrogens (tertiary/aromatic N) is 1. The maximum atomic E-state index is 12.5. The summed E-state index contributed by atoms with van der Waals surface area (Å²) >= 11 is 1.67. The number of benzene rings is 1. The first-order valence-corrected chi connectivity index (χ1v) is 7.80. The van der Waals surface area contributed by atoms with Gasteiger partial charge in [-0.1, -0.05) is 24.3 Å². The third-order valence-corrected chi connectivity index (χ3v) is 4.71. The summed E-state index contributed by atoms with van der Waals surface area (Å²) in [5, 5.41) is 8.49. The smallest absolute Gasteiger partial charge is 0.303 e. The molecule has 1 aromatic carbocycles. The molecule has 0 fully saturated rings. The third kappa shape index (κ3) is 3.54. The van der Waals surface area contributed by atoms with Crippen LogP contribution in [0.4, 0.5) is 0 Å². The van der Waals surface area contributed by atoms with E-state index in [1.165, 1.54) is 5.56 Å². The molecule has 1 aliphatic heterocycles. The zero-order chi connectivity index (χ0) is 14.5. The summed E-state index contributed by atoms with van der Waals surface area (Å²) in [5.74, 6) is 0.215. The van der Waals surface area contributed by atoms with E-state index >= 15 is 0 Å². The Balaban J connectivity index is 2.01. The molecule has 5 heteroatoms. The maximum absolute atomic E-state index is 12.5. The number of thioether (sulfide) groups is 1. The molecule has 1 amide bonds. The molecule has 1 aromatic rings. The van der Waals surface area contributed by atoms with Crippen LogP contribution in [0.5, 0.6) is 0 Å². The van der Waals surface area contributed by atoms with Gasteiger partial charge in [-0.25, -0.2) is 0 Å². The zero-order valence-corrected chi connectivity index (χ0v) is 12.4. The highest BCUT2D eigenvalue weighted by atomic mass is 32.2. The molecule has 0 bridgehead atoms. The molecule has 0 spiro atoms. The van der Waals surface area contributed by atoms with Gasteiger partial charge in [-0.05, 0) is 29.7 Å². The number of carbonyl (C=O) groups excluding carboxylic acids is 1. The number of rotatable bonds is 5. The Morgan fingerprint density at radius 3 is 2.90 bits per heavy atom. The van der Waals surface area contributed by atoms with Crippen molar-refractivity contribution in [2.24, 2.45) is 0 Å². The molecule has 0 aliphatic carbocycles. The summed E-state index contributed by atoms with van der Waals surface area (Å²) in [6.07, 6.45) is 1.61. The number of likely N-dealkylation sites (N-methyl/N-ethyl adjacent to an activating group) is 1. The number of fused-ring (bicyclic) bond motifs is 1. The Morgan fingerprint density at radius 2 is 2.15 bits per heavy atom. The largest absolute Gasteiger partial charge is 0.481 e. The van der Waals surface area contributed by atoms with Crippen LogP contribution in [-0.4, -0.2) is 41.2 Å². The van der Waals surface area contributed by atoms with E-state index in [2.05, 4.69) is 6.07 Å². The van der Waals surface area contributed by atoms with Crippen LogP contribution in [0.2, 0.25) is 0 Å². The number of hydrogen-bond acceptors (Lipinski definition) is 3. The molecule has 20 heavy (non-hydrogen) atoms. The summed E-state index contributed by atoms with van der Waals surface area (Å²) in [7, 11) is 1.75. The van der Waals surface area contributed by atoms with E-state index in [1.807, 2.05) is 18.2 Å². The van der Waals surface area contributed by atoms with Gasteiger partial charge in [0.05, 0.1) is 0 Å². The first-order chi connectivity index (χ1) is 9.59. The number of hydrogen-bond donors (Lipinski definition) is 1. The molecule has 4 nitrogen and oxygen atoms in total. The van der Waals surface area contributed by atoms with Crippen LogP contribution in [0.3, 0.4) is 0 Å². The molecule has 108 valence electrons. The van der Waals surface area contributed by atoms with E-state index in [-0.39, 0.29) is 17.6 Å². The fourth-order valence-corrected chi connectivity index (χ4v) is 3.68. The third-order valence-electron chi connectivity index (χ3n) is 3.48. The number of aryl methyl sites for hydroxylation is 1. The lowest BCUT2D eigenvalue weighted by Gasteiger charge is -2.28. The minimum atomic E-state index is -0.816. The monoisotopic (exact) mass is 293 g/mol. The maximum Gasteiger partial charge on any atom is 0.303 e. The fourth-order valence-electron chi connectivity index (χ4n) is 2.38. The predicted octanol–water partition coefficient (Wildman–Crippen LogP) is 2.34. The molecule has 0 aromatic heterocycles. The van der Waals surface area contributed by atoms with Gasteiger partial charge >= 0.3 is 5.97 Å². The number of carbonyl (C=O) groups is 2. The average Bonchev–Trinajstić information content (AvgIpc) is 2.45. The van der Waals surface area contributed by atoms with Gasteiger partial charge in [-0.2, -0.15) is 0 Å². The average molecular weight is 293 g/mol. The molecular formula is C15H19NO3S. The molecule has 0 saturated carbocycles. The molecular weight excluding hydrogens is 274 g/mol. The Bertz CT molecular complexity index is 504. The van der Waals surface area contributed by atoms with Crippen LogP contribution >= 0.6 is 11.8 Å². The fraction of sp³-hybridized carbons (Fsp3) is 0.467. The summed E-state index contributed by atoms with van der Waals surface area (Å²) in [4.78, 5) is 24.7. The number of carboxylic acid groups (broad SMARTS) is 1. The van der Waals surface area contributed by atoms with E-state index in [1.54, 1.807) is 23.7 Å². The van der Waals surface area contributed by atoms with Crippen LogP contribution < -0.4 is 0 Å². The second-order valence-corrected chi connectivity index (χ2v) is 6.17. The van der Waals surface area contributed by atoms with Gasteiger partial charge in [0.2, 0.25) is 5.91 Å². The van der Waals surface area contributed by atoms with Crippen molar-refractivity contribution in [2.75, 3.05) is 19.3 Å². The van der Waals surface area contributed by atoms with Gasteiger partial charge in [0.15, 0.2) is 0 Å². The van der Waals surface area contributed by atoms with Crippen molar-refractivity contribution in [3.8, 4) is 0 Å². The molecule has 1 heterocycles. The van der Waals surface area contributed by atoms with E-state index in [0.717, 1.165) is 17.7 Å². The first-order valence-electron chi connectivity index (χ1n) is 6.76. The van der Waals surface area contributed by atoms with Gasteiger partial charge in [-0.3, -0.25) is 9.59 Å². The highest BCUT2D eigenvalue weighted by Gasteiger charge is 2.28. The normalized spacial score (nSPS) is 17.4. The van der Waals surface area contributed by atoms with Crippen molar-refractivity contribution in [1.82, 2.24) is 4.90 Å². The molecule has 1 atom stereocenters. The van der Waals surface area contributed by atoms with Crippen LogP contribution in [0.15, 0.2) is 24.3 Å². The summed E-state index contributed by atoms with van der Waals surface area (Å²) in [6.45, 7) is 0.490. The number of aliphatic carboxylic acids is 1. The number of carboxylic acids is 1. The van der Waals surface area contributed by atoms with Gasteiger partial charge in [0.25, 0.3) is 0 Å². The molecule has 2 rings (SSSR count). The van der Waals surface area contributed by atoms with E-state index in [9.17, 15) is 9.59 Å². The van der Waals surface area contributed by atoms with Gasteiger partial charge < -0.3 is 10.0 Å². The van der Waals surface area contributed by atoms with Gasteiger partial charge in [0, 0.05) is 20.0 Å². The van der Waals surface area contributed by atoms with Crippen LogP contribution in [0, 0.1) is 0 Å². The quantitative estimate of drug-likeness (QED) is 0.905. The second kappa shape index (κ2) is 6.79. The Labute approximate surface area is 123 Å². The summed E-state index contributed by atoms with van der Waals surface area (Å²) < 4.78 is 0.